The van der Waals surface area contributed by atoms with Gasteiger partial charge in [-0.1, -0.05) is 12.1 Å². The summed E-state index contributed by atoms with van der Waals surface area (Å²) in [7, 11) is 1.63. The van der Waals surface area contributed by atoms with Gasteiger partial charge >= 0.3 is 0 Å². The highest BCUT2D eigenvalue weighted by Gasteiger charge is 2.21. The molecule has 0 bridgehead atoms. The Morgan fingerprint density at radius 1 is 1.12 bits per heavy atom. The maximum atomic E-state index is 13.2. The molecule has 122 valence electrons. The van der Waals surface area contributed by atoms with E-state index in [9.17, 15) is 4.39 Å². The first kappa shape index (κ1) is 14.9. The molecule has 1 aromatic heterocycles. The van der Waals surface area contributed by atoms with Crippen molar-refractivity contribution >= 4 is 16.7 Å². The SMILES string of the molecule is COc1cc(-c2ccc(F)cc2)cc2c(NCC3CC3)ncnc12. The fourth-order valence-corrected chi connectivity index (χ4v) is 2.80. The van der Waals surface area contributed by atoms with Gasteiger partial charge in [-0.15, -0.1) is 0 Å². The summed E-state index contributed by atoms with van der Waals surface area (Å²) in [5, 5.41) is 4.34. The molecule has 0 amide bonds. The summed E-state index contributed by atoms with van der Waals surface area (Å²) in [4.78, 5) is 8.76. The number of methoxy groups -OCH3 is 1. The summed E-state index contributed by atoms with van der Waals surface area (Å²) in [6.07, 6.45) is 4.11. The molecule has 1 aliphatic rings. The third-order valence-electron chi connectivity index (χ3n) is 4.36. The molecular formula is C19H18FN3O. The van der Waals surface area contributed by atoms with Gasteiger partial charge in [-0.3, -0.25) is 0 Å². The lowest BCUT2D eigenvalue weighted by atomic mass is 10.0. The van der Waals surface area contributed by atoms with Crippen molar-refractivity contribution in [1.82, 2.24) is 9.97 Å². The van der Waals surface area contributed by atoms with Gasteiger partial charge in [0.25, 0.3) is 0 Å². The van der Waals surface area contributed by atoms with E-state index in [1.54, 1.807) is 25.6 Å². The minimum atomic E-state index is -0.248. The molecule has 1 N–H and O–H groups in total. The van der Waals surface area contributed by atoms with Gasteiger partial charge in [0, 0.05) is 11.9 Å². The monoisotopic (exact) mass is 323 g/mol. The van der Waals surface area contributed by atoms with Crippen molar-refractivity contribution in [3.8, 4) is 16.9 Å². The number of hydrogen-bond donors (Lipinski definition) is 1. The molecular weight excluding hydrogens is 305 g/mol. The van der Waals surface area contributed by atoms with E-state index in [0.717, 1.165) is 40.3 Å². The number of hydrogen-bond acceptors (Lipinski definition) is 4. The molecule has 5 heteroatoms. The zero-order valence-corrected chi connectivity index (χ0v) is 13.4. The molecule has 3 aromatic rings. The molecule has 1 aliphatic carbocycles. The predicted molar refractivity (Wildman–Crippen MR) is 92.7 cm³/mol. The molecule has 0 unspecified atom stereocenters. The zero-order chi connectivity index (χ0) is 16.5. The number of fused-ring (bicyclic) bond motifs is 1. The number of benzene rings is 2. The first-order chi connectivity index (χ1) is 11.7. The van der Waals surface area contributed by atoms with Crippen LogP contribution >= 0.6 is 0 Å². The van der Waals surface area contributed by atoms with Crippen molar-refractivity contribution in [3.05, 3.63) is 48.5 Å². The third-order valence-corrected chi connectivity index (χ3v) is 4.36. The second-order valence-electron chi connectivity index (χ2n) is 6.13. The average molecular weight is 323 g/mol. The van der Waals surface area contributed by atoms with E-state index in [1.807, 2.05) is 12.1 Å². The number of nitrogens with zero attached hydrogens (tertiary/aromatic N) is 2. The smallest absolute Gasteiger partial charge is 0.145 e. The number of ether oxygens (including phenoxy) is 1. The van der Waals surface area contributed by atoms with Gasteiger partial charge in [-0.25, -0.2) is 14.4 Å². The first-order valence-corrected chi connectivity index (χ1v) is 8.07. The lowest BCUT2D eigenvalue weighted by Crippen LogP contribution is -2.06. The maximum Gasteiger partial charge on any atom is 0.145 e. The van der Waals surface area contributed by atoms with E-state index in [2.05, 4.69) is 15.3 Å². The molecule has 2 aromatic carbocycles. The summed E-state index contributed by atoms with van der Waals surface area (Å²) in [5.41, 5.74) is 2.65. The van der Waals surface area contributed by atoms with Crippen LogP contribution in [0.1, 0.15) is 12.8 Å². The number of anilines is 1. The van der Waals surface area contributed by atoms with Crippen LogP contribution < -0.4 is 10.1 Å². The summed E-state index contributed by atoms with van der Waals surface area (Å²) in [6, 6.07) is 10.4. The molecule has 0 atom stereocenters. The fraction of sp³-hybridized carbons (Fsp3) is 0.263. The van der Waals surface area contributed by atoms with Gasteiger partial charge in [0.15, 0.2) is 0 Å². The number of halogens is 1. The Kier molecular flexibility index (Phi) is 3.76. The van der Waals surface area contributed by atoms with Crippen molar-refractivity contribution < 1.29 is 9.13 Å². The molecule has 0 saturated heterocycles. The number of aromatic nitrogens is 2. The van der Waals surface area contributed by atoms with Gasteiger partial charge in [0.2, 0.25) is 0 Å². The highest BCUT2D eigenvalue weighted by atomic mass is 19.1. The van der Waals surface area contributed by atoms with Crippen molar-refractivity contribution in [2.24, 2.45) is 5.92 Å². The lowest BCUT2D eigenvalue weighted by Gasteiger charge is -2.12. The zero-order valence-electron chi connectivity index (χ0n) is 13.4. The van der Waals surface area contributed by atoms with Gasteiger partial charge in [0.05, 0.1) is 7.11 Å². The van der Waals surface area contributed by atoms with E-state index < -0.39 is 0 Å². The van der Waals surface area contributed by atoms with Crippen LogP contribution in [0.2, 0.25) is 0 Å². The predicted octanol–water partition coefficient (Wildman–Crippen LogP) is 4.27. The van der Waals surface area contributed by atoms with E-state index in [0.29, 0.717) is 5.75 Å². The van der Waals surface area contributed by atoms with Gasteiger partial charge in [0.1, 0.15) is 29.2 Å². The van der Waals surface area contributed by atoms with Crippen LogP contribution in [-0.2, 0) is 0 Å². The molecule has 4 rings (SSSR count). The van der Waals surface area contributed by atoms with E-state index in [1.165, 1.54) is 25.0 Å². The standard InChI is InChI=1S/C19H18FN3O/c1-24-17-9-14(13-4-6-15(20)7-5-13)8-16-18(17)22-11-23-19(16)21-10-12-2-3-12/h4-9,11-12H,2-3,10H2,1H3,(H,21,22,23). The van der Waals surface area contributed by atoms with E-state index in [4.69, 9.17) is 4.74 Å². The minimum absolute atomic E-state index is 0.248. The van der Waals surface area contributed by atoms with Crippen LogP contribution in [0.5, 0.6) is 5.75 Å². The van der Waals surface area contributed by atoms with E-state index in [-0.39, 0.29) is 5.82 Å². The summed E-state index contributed by atoms with van der Waals surface area (Å²) in [5.74, 6) is 2.00. The molecule has 24 heavy (non-hydrogen) atoms. The second-order valence-corrected chi connectivity index (χ2v) is 6.13. The van der Waals surface area contributed by atoms with Gasteiger partial charge < -0.3 is 10.1 Å². The Bertz CT molecular complexity index is 876. The van der Waals surface area contributed by atoms with Gasteiger partial charge in [-0.05, 0) is 54.2 Å². The van der Waals surface area contributed by atoms with Crippen LogP contribution in [0.15, 0.2) is 42.7 Å². The summed E-state index contributed by atoms with van der Waals surface area (Å²) >= 11 is 0. The van der Waals surface area contributed by atoms with Crippen LogP contribution in [0.3, 0.4) is 0 Å². The van der Waals surface area contributed by atoms with Crippen LogP contribution in [0, 0.1) is 11.7 Å². The highest BCUT2D eigenvalue weighted by molar-refractivity contribution is 5.96. The molecule has 1 fully saturated rings. The topological polar surface area (TPSA) is 47.0 Å². The Morgan fingerprint density at radius 3 is 2.62 bits per heavy atom. The molecule has 1 heterocycles. The van der Waals surface area contributed by atoms with E-state index >= 15 is 0 Å². The normalized spacial score (nSPS) is 13.9. The first-order valence-electron chi connectivity index (χ1n) is 8.07. The van der Waals surface area contributed by atoms with Crippen LogP contribution in [-0.4, -0.2) is 23.6 Å². The van der Waals surface area contributed by atoms with Crippen molar-refractivity contribution in [3.63, 3.8) is 0 Å². The Hall–Kier alpha value is -2.69. The quantitative estimate of drug-likeness (QED) is 0.762. The summed E-state index contributed by atoms with van der Waals surface area (Å²) in [6.45, 7) is 0.926. The van der Waals surface area contributed by atoms with Crippen molar-refractivity contribution in [1.29, 1.82) is 0 Å². The average Bonchev–Trinajstić information content (AvgIpc) is 3.44. The maximum absolute atomic E-state index is 13.2. The Morgan fingerprint density at radius 2 is 1.92 bits per heavy atom. The Balaban J connectivity index is 1.82. The molecule has 0 aliphatic heterocycles. The molecule has 0 radical (unpaired) electrons. The van der Waals surface area contributed by atoms with Crippen molar-refractivity contribution in [2.45, 2.75) is 12.8 Å². The second kappa shape index (κ2) is 6.07. The van der Waals surface area contributed by atoms with Gasteiger partial charge in [-0.2, -0.15) is 0 Å². The largest absolute Gasteiger partial charge is 0.494 e. The van der Waals surface area contributed by atoms with Crippen LogP contribution in [0.25, 0.3) is 22.0 Å². The van der Waals surface area contributed by atoms with Crippen molar-refractivity contribution in [2.75, 3.05) is 19.0 Å². The molecule has 1 saturated carbocycles. The minimum Gasteiger partial charge on any atom is -0.494 e. The fourth-order valence-electron chi connectivity index (χ4n) is 2.80. The number of rotatable bonds is 5. The lowest BCUT2D eigenvalue weighted by molar-refractivity contribution is 0.419. The van der Waals surface area contributed by atoms with Crippen LogP contribution in [0.4, 0.5) is 10.2 Å². The third kappa shape index (κ3) is 2.89. The summed E-state index contributed by atoms with van der Waals surface area (Å²) < 4.78 is 18.7. The Labute approximate surface area is 139 Å². The molecule has 0 spiro atoms. The number of nitrogens with one attached hydrogen (secondary N) is 1. The molecule has 4 nitrogen and oxygen atoms in total. The highest BCUT2D eigenvalue weighted by Crippen LogP contribution is 2.35.